The van der Waals surface area contributed by atoms with Crippen molar-refractivity contribution in [2.75, 3.05) is 4.72 Å². The summed E-state index contributed by atoms with van der Waals surface area (Å²) in [5.41, 5.74) is 2.22. The van der Waals surface area contributed by atoms with E-state index in [1.54, 1.807) is 12.1 Å². The van der Waals surface area contributed by atoms with Crippen molar-refractivity contribution in [3.05, 3.63) is 35.3 Å². The predicted molar refractivity (Wildman–Crippen MR) is 71.5 cm³/mol. The molecule has 2 aromatic rings. The molecule has 2 rings (SSSR count). The molecule has 0 aliphatic heterocycles. The summed E-state index contributed by atoms with van der Waals surface area (Å²) in [6.45, 7) is 1.49. The van der Waals surface area contributed by atoms with Gasteiger partial charge in [0.15, 0.2) is 0 Å². The molecule has 1 aromatic heterocycles. The van der Waals surface area contributed by atoms with Crippen LogP contribution >= 0.6 is 11.3 Å². The second-order valence-electron chi connectivity index (χ2n) is 3.87. The maximum Gasteiger partial charge on any atom is 0.263 e. The molecule has 0 fully saturated rings. The van der Waals surface area contributed by atoms with Crippen LogP contribution in [0.15, 0.2) is 34.7 Å². The summed E-state index contributed by atoms with van der Waals surface area (Å²) >= 11 is 1.10. The third kappa shape index (κ3) is 3.58. The molecule has 0 unspecified atom stereocenters. The highest BCUT2D eigenvalue weighted by Gasteiger charge is 2.15. The summed E-state index contributed by atoms with van der Waals surface area (Å²) in [4.78, 5) is 11.1. The Balaban J connectivity index is 2.19. The van der Waals surface area contributed by atoms with Crippen molar-refractivity contribution in [2.45, 2.75) is 18.2 Å². The number of nitrogens with zero attached hydrogens (tertiary/aromatic N) is 2. The van der Waals surface area contributed by atoms with Crippen LogP contribution in [0.25, 0.3) is 0 Å². The summed E-state index contributed by atoms with van der Waals surface area (Å²) in [7, 11) is -3.66. The fourth-order valence-corrected chi connectivity index (χ4v) is 3.16. The molecule has 0 saturated heterocycles. The predicted octanol–water partition coefficient (Wildman–Crippen LogP) is 1.47. The SMILES string of the molecule is CC(=O)Cc1ccc(S(=O)(=O)Nc2nncs2)cc1. The maximum absolute atomic E-state index is 12.0. The average molecular weight is 297 g/mol. The molecule has 1 N–H and O–H groups in total. The van der Waals surface area contributed by atoms with E-state index in [9.17, 15) is 13.2 Å². The fraction of sp³-hybridized carbons (Fsp3) is 0.182. The van der Waals surface area contributed by atoms with Crippen LogP contribution in [0.5, 0.6) is 0 Å². The topological polar surface area (TPSA) is 89.0 Å². The van der Waals surface area contributed by atoms with Gasteiger partial charge in [0.05, 0.1) is 4.90 Å². The van der Waals surface area contributed by atoms with Gasteiger partial charge in [-0.1, -0.05) is 23.5 Å². The van der Waals surface area contributed by atoms with Crippen molar-refractivity contribution in [1.29, 1.82) is 0 Å². The molecule has 8 heteroatoms. The summed E-state index contributed by atoms with van der Waals surface area (Å²) in [6.07, 6.45) is 0.296. The van der Waals surface area contributed by atoms with Crippen LogP contribution in [0.3, 0.4) is 0 Å². The van der Waals surface area contributed by atoms with E-state index in [4.69, 9.17) is 0 Å². The van der Waals surface area contributed by atoms with Gasteiger partial charge in [0.25, 0.3) is 10.0 Å². The van der Waals surface area contributed by atoms with Crippen molar-refractivity contribution in [2.24, 2.45) is 0 Å². The zero-order valence-corrected chi connectivity index (χ0v) is 11.7. The minimum atomic E-state index is -3.66. The molecule has 19 heavy (non-hydrogen) atoms. The number of hydrogen-bond donors (Lipinski definition) is 1. The smallest absolute Gasteiger partial charge is 0.263 e. The van der Waals surface area contributed by atoms with Crippen molar-refractivity contribution >= 4 is 32.3 Å². The van der Waals surface area contributed by atoms with Gasteiger partial charge in [-0.05, 0) is 24.6 Å². The highest BCUT2D eigenvalue weighted by atomic mass is 32.2. The first kappa shape index (κ1) is 13.6. The lowest BCUT2D eigenvalue weighted by Gasteiger charge is -2.05. The molecule has 0 bridgehead atoms. The third-order valence-electron chi connectivity index (χ3n) is 2.27. The molecule has 0 aliphatic carbocycles. The lowest BCUT2D eigenvalue weighted by molar-refractivity contribution is -0.116. The number of hydrogen-bond acceptors (Lipinski definition) is 6. The molecule has 6 nitrogen and oxygen atoms in total. The van der Waals surface area contributed by atoms with Gasteiger partial charge in [-0.3, -0.25) is 9.52 Å². The molecule has 0 saturated carbocycles. The number of Topliss-reactive ketones (excluding diaryl/α,β-unsaturated/α-hetero) is 1. The van der Waals surface area contributed by atoms with Gasteiger partial charge in [-0.15, -0.1) is 10.2 Å². The Hall–Kier alpha value is -1.80. The van der Waals surface area contributed by atoms with Gasteiger partial charge in [0.1, 0.15) is 11.3 Å². The highest BCUT2D eigenvalue weighted by Crippen LogP contribution is 2.17. The van der Waals surface area contributed by atoms with E-state index in [-0.39, 0.29) is 15.8 Å². The largest absolute Gasteiger partial charge is 0.300 e. The van der Waals surface area contributed by atoms with Crippen LogP contribution in [-0.4, -0.2) is 24.4 Å². The van der Waals surface area contributed by atoms with Crippen LogP contribution in [0.2, 0.25) is 0 Å². The first-order valence-corrected chi connectivity index (χ1v) is 7.71. The number of carbonyl (C=O) groups excluding carboxylic acids is 1. The second kappa shape index (κ2) is 5.45. The number of nitrogens with one attached hydrogen (secondary N) is 1. The van der Waals surface area contributed by atoms with Crippen molar-refractivity contribution in [1.82, 2.24) is 10.2 Å². The third-order valence-corrected chi connectivity index (χ3v) is 4.36. The van der Waals surface area contributed by atoms with Crippen LogP contribution in [-0.2, 0) is 21.2 Å². The number of anilines is 1. The molecule has 0 atom stereocenters. The van der Waals surface area contributed by atoms with Gasteiger partial charge in [-0.2, -0.15) is 0 Å². The Morgan fingerprint density at radius 2 is 2.00 bits per heavy atom. The minimum Gasteiger partial charge on any atom is -0.300 e. The van der Waals surface area contributed by atoms with Crippen LogP contribution in [0, 0.1) is 0 Å². The Bertz CT molecular complexity index is 664. The Morgan fingerprint density at radius 3 is 2.53 bits per heavy atom. The Morgan fingerprint density at radius 1 is 1.32 bits per heavy atom. The summed E-state index contributed by atoms with van der Waals surface area (Å²) in [5, 5.41) is 7.38. The van der Waals surface area contributed by atoms with E-state index in [1.165, 1.54) is 24.6 Å². The minimum absolute atomic E-state index is 0.0302. The van der Waals surface area contributed by atoms with Gasteiger partial charge < -0.3 is 0 Å². The van der Waals surface area contributed by atoms with E-state index in [2.05, 4.69) is 14.9 Å². The summed E-state index contributed by atoms with van der Waals surface area (Å²) in [5.74, 6) is 0.0302. The molecular formula is C11H11N3O3S2. The molecule has 0 spiro atoms. The van der Waals surface area contributed by atoms with E-state index in [0.29, 0.717) is 6.42 Å². The zero-order valence-electron chi connectivity index (χ0n) is 10.0. The van der Waals surface area contributed by atoms with Crippen molar-refractivity contribution in [3.63, 3.8) is 0 Å². The Labute approximate surface area is 114 Å². The van der Waals surface area contributed by atoms with E-state index < -0.39 is 10.0 Å². The monoisotopic (exact) mass is 297 g/mol. The first-order valence-electron chi connectivity index (χ1n) is 5.35. The quantitative estimate of drug-likeness (QED) is 0.902. The Kier molecular flexibility index (Phi) is 3.91. The molecular weight excluding hydrogens is 286 g/mol. The standard InChI is InChI=1S/C11H11N3O3S2/c1-8(15)6-9-2-4-10(5-3-9)19(16,17)14-11-13-12-7-18-11/h2-5,7H,6H2,1H3,(H,13,14). The van der Waals surface area contributed by atoms with Crippen LogP contribution < -0.4 is 4.72 Å². The lowest BCUT2D eigenvalue weighted by atomic mass is 10.1. The van der Waals surface area contributed by atoms with Gasteiger partial charge in [-0.25, -0.2) is 8.42 Å². The van der Waals surface area contributed by atoms with E-state index in [0.717, 1.165) is 16.9 Å². The molecule has 1 aromatic carbocycles. The molecule has 100 valence electrons. The van der Waals surface area contributed by atoms with Crippen LogP contribution in [0.4, 0.5) is 5.13 Å². The normalized spacial score (nSPS) is 11.2. The average Bonchev–Trinajstić information content (AvgIpc) is 2.81. The van der Waals surface area contributed by atoms with E-state index in [1.807, 2.05) is 0 Å². The maximum atomic E-state index is 12.0. The van der Waals surface area contributed by atoms with Gasteiger partial charge >= 0.3 is 0 Å². The van der Waals surface area contributed by atoms with Crippen molar-refractivity contribution < 1.29 is 13.2 Å². The number of rotatable bonds is 5. The van der Waals surface area contributed by atoms with Gasteiger partial charge in [0.2, 0.25) is 5.13 Å². The molecule has 0 aliphatic rings. The molecule has 1 heterocycles. The zero-order chi connectivity index (χ0) is 13.9. The number of ketones is 1. The number of carbonyl (C=O) groups is 1. The summed E-state index contributed by atoms with van der Waals surface area (Å²) in [6, 6.07) is 6.16. The molecule has 0 amide bonds. The number of benzene rings is 1. The van der Waals surface area contributed by atoms with Crippen molar-refractivity contribution in [3.8, 4) is 0 Å². The second-order valence-corrected chi connectivity index (χ2v) is 6.39. The summed E-state index contributed by atoms with van der Waals surface area (Å²) < 4.78 is 26.3. The number of sulfonamides is 1. The first-order chi connectivity index (χ1) is 8.97. The van der Waals surface area contributed by atoms with Gasteiger partial charge in [0, 0.05) is 6.42 Å². The van der Waals surface area contributed by atoms with Crippen LogP contribution in [0.1, 0.15) is 12.5 Å². The molecule has 0 radical (unpaired) electrons. The lowest BCUT2D eigenvalue weighted by Crippen LogP contribution is -2.12. The highest BCUT2D eigenvalue weighted by molar-refractivity contribution is 7.93. The number of aromatic nitrogens is 2. The fourth-order valence-electron chi connectivity index (χ4n) is 1.47. The van der Waals surface area contributed by atoms with E-state index >= 15 is 0 Å².